The SMILES string of the molecule is CC1=CC=NNN1. The molecule has 1 heterocycles. The minimum absolute atomic E-state index is 1.08. The van der Waals surface area contributed by atoms with Crippen LogP contribution >= 0.6 is 0 Å². The van der Waals surface area contributed by atoms with Gasteiger partial charge in [-0.1, -0.05) is 0 Å². The van der Waals surface area contributed by atoms with Crippen molar-refractivity contribution in [3.63, 3.8) is 0 Å². The van der Waals surface area contributed by atoms with Crippen LogP contribution in [0.15, 0.2) is 16.9 Å². The van der Waals surface area contributed by atoms with Gasteiger partial charge in [-0.25, -0.2) is 5.53 Å². The van der Waals surface area contributed by atoms with Gasteiger partial charge in [0.05, 0.1) is 6.21 Å². The van der Waals surface area contributed by atoms with Crippen LogP contribution in [0, 0.1) is 0 Å². The van der Waals surface area contributed by atoms with Gasteiger partial charge >= 0.3 is 0 Å². The Morgan fingerprint density at radius 1 is 1.71 bits per heavy atom. The predicted octanol–water partition coefficient (Wildman–Crippen LogP) is -0.0162. The minimum atomic E-state index is 1.08. The first kappa shape index (κ1) is 4.18. The summed E-state index contributed by atoms with van der Waals surface area (Å²) in [7, 11) is 0. The maximum absolute atomic E-state index is 3.66. The van der Waals surface area contributed by atoms with E-state index < -0.39 is 0 Å². The Hall–Kier alpha value is -0.990. The van der Waals surface area contributed by atoms with Crippen molar-refractivity contribution in [2.24, 2.45) is 5.10 Å². The van der Waals surface area contributed by atoms with Crippen molar-refractivity contribution < 1.29 is 0 Å². The van der Waals surface area contributed by atoms with Gasteiger partial charge in [-0.3, -0.25) is 5.43 Å². The molecule has 0 saturated carbocycles. The highest BCUT2D eigenvalue weighted by atomic mass is 15.6. The summed E-state index contributed by atoms with van der Waals surface area (Å²) in [6.45, 7) is 1.96. The van der Waals surface area contributed by atoms with Crippen molar-refractivity contribution in [1.82, 2.24) is 11.0 Å². The number of hydrogen-bond donors (Lipinski definition) is 2. The van der Waals surface area contributed by atoms with Crippen LogP contribution in [-0.4, -0.2) is 6.21 Å². The molecule has 0 bridgehead atoms. The molecule has 0 atom stereocenters. The monoisotopic (exact) mass is 97.1 g/mol. The van der Waals surface area contributed by atoms with E-state index in [0.717, 1.165) is 5.70 Å². The normalized spacial score (nSPS) is 17.0. The summed E-state index contributed by atoms with van der Waals surface area (Å²) >= 11 is 0. The first-order chi connectivity index (χ1) is 3.39. The smallest absolute Gasteiger partial charge is 0.0505 e. The number of hydrazine groups is 1. The molecular weight excluding hydrogens is 90.1 g/mol. The van der Waals surface area contributed by atoms with Crippen molar-refractivity contribution in [1.29, 1.82) is 0 Å². The Bertz CT molecular complexity index is 114. The molecule has 2 N–H and O–H groups in total. The van der Waals surface area contributed by atoms with Crippen molar-refractivity contribution >= 4 is 6.21 Å². The average Bonchev–Trinajstić information content (AvgIpc) is 1.69. The van der Waals surface area contributed by atoms with E-state index in [4.69, 9.17) is 0 Å². The molecule has 7 heavy (non-hydrogen) atoms. The lowest BCUT2D eigenvalue weighted by Gasteiger charge is -2.05. The largest absolute Gasteiger partial charge is 0.290 e. The van der Waals surface area contributed by atoms with Gasteiger partial charge in [0.25, 0.3) is 0 Å². The molecule has 0 unspecified atom stereocenters. The van der Waals surface area contributed by atoms with Gasteiger partial charge in [-0.15, -0.1) is 0 Å². The highest BCUT2D eigenvalue weighted by Crippen LogP contribution is 1.82. The van der Waals surface area contributed by atoms with Crippen LogP contribution in [0.3, 0.4) is 0 Å². The summed E-state index contributed by atoms with van der Waals surface area (Å²) in [5.74, 6) is 0. The van der Waals surface area contributed by atoms with Crippen molar-refractivity contribution in [3.8, 4) is 0 Å². The average molecular weight is 97.1 g/mol. The fourth-order valence-corrected chi connectivity index (χ4v) is 0.348. The standard InChI is InChI=1S/C4H7N3/c1-4-2-3-5-7-6-4/h2-3,6-7H,1H3. The molecule has 3 heteroatoms. The molecule has 3 nitrogen and oxygen atoms in total. The zero-order valence-electron chi connectivity index (χ0n) is 4.10. The van der Waals surface area contributed by atoms with Gasteiger partial charge in [-0.2, -0.15) is 5.10 Å². The van der Waals surface area contributed by atoms with Crippen molar-refractivity contribution in [2.75, 3.05) is 0 Å². The van der Waals surface area contributed by atoms with Gasteiger partial charge in [0.2, 0.25) is 0 Å². The van der Waals surface area contributed by atoms with E-state index in [-0.39, 0.29) is 0 Å². The second kappa shape index (κ2) is 1.64. The van der Waals surface area contributed by atoms with Gasteiger partial charge in [0, 0.05) is 5.70 Å². The van der Waals surface area contributed by atoms with Crippen molar-refractivity contribution in [2.45, 2.75) is 6.92 Å². The molecule has 0 aromatic heterocycles. The predicted molar refractivity (Wildman–Crippen MR) is 28.5 cm³/mol. The number of rotatable bonds is 0. The van der Waals surface area contributed by atoms with Crippen LogP contribution in [0.1, 0.15) is 6.92 Å². The lowest BCUT2D eigenvalue weighted by Crippen LogP contribution is -2.27. The molecule has 0 aromatic carbocycles. The Labute approximate surface area is 42.1 Å². The summed E-state index contributed by atoms with van der Waals surface area (Å²) in [6.07, 6.45) is 3.59. The zero-order chi connectivity index (χ0) is 5.11. The van der Waals surface area contributed by atoms with E-state index in [1.165, 1.54) is 0 Å². The van der Waals surface area contributed by atoms with Crippen molar-refractivity contribution in [3.05, 3.63) is 11.8 Å². The Kier molecular flexibility index (Phi) is 0.978. The number of hydrogen-bond acceptors (Lipinski definition) is 3. The summed E-state index contributed by atoms with van der Waals surface area (Å²) < 4.78 is 0. The van der Waals surface area contributed by atoms with E-state index in [1.807, 2.05) is 13.0 Å². The summed E-state index contributed by atoms with van der Waals surface area (Å²) in [5, 5.41) is 3.66. The second-order valence-electron chi connectivity index (χ2n) is 1.36. The first-order valence-corrected chi connectivity index (χ1v) is 2.10. The zero-order valence-corrected chi connectivity index (χ0v) is 4.10. The third-order valence-electron chi connectivity index (χ3n) is 0.717. The summed E-state index contributed by atoms with van der Waals surface area (Å²) in [4.78, 5) is 0. The number of nitrogens with one attached hydrogen (secondary N) is 2. The first-order valence-electron chi connectivity index (χ1n) is 2.10. The van der Waals surface area contributed by atoms with Crippen LogP contribution in [0.2, 0.25) is 0 Å². The van der Waals surface area contributed by atoms with Crippen LogP contribution in [0.4, 0.5) is 0 Å². The minimum Gasteiger partial charge on any atom is -0.290 e. The molecule has 0 aliphatic carbocycles. The molecule has 1 rings (SSSR count). The van der Waals surface area contributed by atoms with Crippen LogP contribution in [0.25, 0.3) is 0 Å². The third-order valence-corrected chi connectivity index (χ3v) is 0.717. The van der Waals surface area contributed by atoms with E-state index in [2.05, 4.69) is 16.1 Å². The molecule has 0 spiro atoms. The number of hydrazone groups is 1. The molecule has 0 radical (unpaired) electrons. The molecule has 0 aromatic rings. The van der Waals surface area contributed by atoms with Crippen LogP contribution < -0.4 is 11.0 Å². The fraction of sp³-hybridized carbons (Fsp3) is 0.250. The molecule has 0 saturated heterocycles. The topological polar surface area (TPSA) is 36.4 Å². The lowest BCUT2D eigenvalue weighted by atomic mass is 10.5. The van der Waals surface area contributed by atoms with Gasteiger partial charge < -0.3 is 0 Å². The molecule has 1 aliphatic heterocycles. The van der Waals surface area contributed by atoms with E-state index >= 15 is 0 Å². The highest BCUT2D eigenvalue weighted by molar-refractivity contribution is 5.72. The molecule has 1 aliphatic rings. The summed E-state index contributed by atoms with van der Waals surface area (Å²) in [5.41, 5.74) is 6.46. The lowest BCUT2D eigenvalue weighted by molar-refractivity contribution is 0.630. The Morgan fingerprint density at radius 3 is 2.86 bits per heavy atom. The molecular formula is C4H7N3. The van der Waals surface area contributed by atoms with Gasteiger partial charge in [-0.05, 0) is 13.0 Å². The highest BCUT2D eigenvalue weighted by Gasteiger charge is 1.84. The van der Waals surface area contributed by atoms with Gasteiger partial charge in [0.15, 0.2) is 0 Å². The van der Waals surface area contributed by atoms with Gasteiger partial charge in [0.1, 0.15) is 0 Å². The van der Waals surface area contributed by atoms with E-state index in [1.54, 1.807) is 6.21 Å². The Balaban J connectivity index is 2.57. The maximum atomic E-state index is 3.66. The maximum Gasteiger partial charge on any atom is 0.0505 e. The fourth-order valence-electron chi connectivity index (χ4n) is 0.348. The van der Waals surface area contributed by atoms with E-state index in [9.17, 15) is 0 Å². The Morgan fingerprint density at radius 2 is 2.57 bits per heavy atom. The third kappa shape index (κ3) is 0.924. The van der Waals surface area contributed by atoms with Crippen LogP contribution in [0.5, 0.6) is 0 Å². The molecule has 0 amide bonds. The van der Waals surface area contributed by atoms with E-state index in [0.29, 0.717) is 0 Å². The quantitative estimate of drug-likeness (QED) is 0.446. The van der Waals surface area contributed by atoms with Crippen LogP contribution in [-0.2, 0) is 0 Å². The molecule has 0 fully saturated rings. The second-order valence-corrected chi connectivity index (χ2v) is 1.36. The summed E-state index contributed by atoms with van der Waals surface area (Å²) in [6, 6.07) is 0. The number of allylic oxidation sites excluding steroid dienone is 2. The number of nitrogens with zero attached hydrogens (tertiary/aromatic N) is 1. The molecule has 38 valence electrons.